The zero-order valence-electron chi connectivity index (χ0n) is 12.6. The van der Waals surface area contributed by atoms with Gasteiger partial charge in [0.05, 0.1) is 16.7 Å². The van der Waals surface area contributed by atoms with Gasteiger partial charge in [0.2, 0.25) is 0 Å². The minimum absolute atomic E-state index is 0.526. The first-order valence-electron chi connectivity index (χ1n) is 7.53. The topological polar surface area (TPSA) is 56.7 Å². The molecule has 0 unspecified atom stereocenters. The van der Waals surface area contributed by atoms with Gasteiger partial charge in [0, 0.05) is 24.0 Å². The number of aromatic nitrogens is 3. The van der Waals surface area contributed by atoms with E-state index < -0.39 is 0 Å². The van der Waals surface area contributed by atoms with Crippen LogP contribution in [0.25, 0.3) is 28.0 Å². The summed E-state index contributed by atoms with van der Waals surface area (Å²) in [5, 5.41) is 0. The number of nitrogens with two attached hydrogens (primary N) is 1. The molecule has 23 heavy (non-hydrogen) atoms. The van der Waals surface area contributed by atoms with Crippen molar-refractivity contribution in [2.24, 2.45) is 5.73 Å². The highest BCUT2D eigenvalue weighted by Gasteiger charge is 2.07. The molecule has 0 saturated heterocycles. The second-order valence-electron chi connectivity index (χ2n) is 5.41. The molecule has 0 fully saturated rings. The Morgan fingerprint density at radius 3 is 2.70 bits per heavy atom. The standard InChI is InChI=1S/C19H16N4/c20-12-14-7-8-19-18(10-14)22-13-23(19)16-5-3-4-15(11-16)17-6-1-2-9-21-17/h1-11,13H,12,20H2. The van der Waals surface area contributed by atoms with Crippen LogP contribution < -0.4 is 5.73 Å². The second-order valence-corrected chi connectivity index (χ2v) is 5.41. The highest BCUT2D eigenvalue weighted by molar-refractivity contribution is 5.78. The summed E-state index contributed by atoms with van der Waals surface area (Å²) in [7, 11) is 0. The number of imidazole rings is 1. The minimum atomic E-state index is 0.526. The van der Waals surface area contributed by atoms with Crippen molar-refractivity contribution < 1.29 is 0 Å². The maximum atomic E-state index is 5.70. The molecule has 4 aromatic rings. The molecule has 4 heteroatoms. The summed E-state index contributed by atoms with van der Waals surface area (Å²) in [6, 6.07) is 20.4. The molecule has 2 heterocycles. The van der Waals surface area contributed by atoms with Gasteiger partial charge in [-0.3, -0.25) is 9.55 Å². The zero-order valence-corrected chi connectivity index (χ0v) is 12.6. The van der Waals surface area contributed by atoms with Crippen molar-refractivity contribution in [2.75, 3.05) is 0 Å². The molecule has 4 rings (SSSR count). The minimum Gasteiger partial charge on any atom is -0.326 e. The third-order valence-electron chi connectivity index (χ3n) is 3.93. The van der Waals surface area contributed by atoms with E-state index in [1.54, 1.807) is 0 Å². The Bertz CT molecular complexity index is 957. The molecule has 2 N–H and O–H groups in total. The lowest BCUT2D eigenvalue weighted by atomic mass is 10.1. The third-order valence-corrected chi connectivity index (χ3v) is 3.93. The summed E-state index contributed by atoms with van der Waals surface area (Å²) in [5.74, 6) is 0. The molecule has 0 radical (unpaired) electrons. The highest BCUT2D eigenvalue weighted by atomic mass is 15.0. The molecule has 0 aliphatic heterocycles. The number of rotatable bonds is 3. The predicted molar refractivity (Wildman–Crippen MR) is 92.2 cm³/mol. The fourth-order valence-corrected chi connectivity index (χ4v) is 2.74. The third kappa shape index (κ3) is 2.49. The summed E-state index contributed by atoms with van der Waals surface area (Å²) >= 11 is 0. The maximum Gasteiger partial charge on any atom is 0.100 e. The Morgan fingerprint density at radius 1 is 0.913 bits per heavy atom. The lowest BCUT2D eigenvalue weighted by Crippen LogP contribution is -1.96. The molecule has 0 atom stereocenters. The molecule has 112 valence electrons. The van der Waals surface area contributed by atoms with Crippen molar-refractivity contribution in [3.63, 3.8) is 0 Å². The number of benzene rings is 2. The molecule has 0 saturated carbocycles. The van der Waals surface area contributed by atoms with E-state index in [4.69, 9.17) is 5.73 Å². The van der Waals surface area contributed by atoms with Gasteiger partial charge >= 0.3 is 0 Å². The van der Waals surface area contributed by atoms with E-state index in [2.05, 4.69) is 38.8 Å². The normalized spacial score (nSPS) is 11.0. The van der Waals surface area contributed by atoms with Gasteiger partial charge in [-0.25, -0.2) is 4.98 Å². The Labute approximate surface area is 134 Å². The molecular weight excluding hydrogens is 284 g/mol. The zero-order chi connectivity index (χ0) is 15.6. The quantitative estimate of drug-likeness (QED) is 0.629. The smallest absolute Gasteiger partial charge is 0.100 e. The Morgan fingerprint density at radius 2 is 1.87 bits per heavy atom. The van der Waals surface area contributed by atoms with Crippen molar-refractivity contribution in [1.29, 1.82) is 0 Å². The van der Waals surface area contributed by atoms with Gasteiger partial charge in [0.1, 0.15) is 6.33 Å². The monoisotopic (exact) mass is 300 g/mol. The molecule has 0 amide bonds. The van der Waals surface area contributed by atoms with Gasteiger partial charge in [-0.1, -0.05) is 24.3 Å². The number of fused-ring (bicyclic) bond motifs is 1. The average Bonchev–Trinajstić information content (AvgIpc) is 3.05. The molecule has 0 spiro atoms. The van der Waals surface area contributed by atoms with Gasteiger partial charge < -0.3 is 5.73 Å². The largest absolute Gasteiger partial charge is 0.326 e. The van der Waals surface area contributed by atoms with Gasteiger partial charge in [-0.15, -0.1) is 0 Å². The van der Waals surface area contributed by atoms with E-state index >= 15 is 0 Å². The van der Waals surface area contributed by atoms with Crippen LogP contribution in [0.4, 0.5) is 0 Å². The van der Waals surface area contributed by atoms with Crippen molar-refractivity contribution >= 4 is 11.0 Å². The molecule has 2 aromatic heterocycles. The Hall–Kier alpha value is -2.98. The number of hydrogen-bond donors (Lipinski definition) is 1. The van der Waals surface area contributed by atoms with Crippen LogP contribution in [-0.4, -0.2) is 14.5 Å². The molecule has 4 nitrogen and oxygen atoms in total. The van der Waals surface area contributed by atoms with E-state index in [1.807, 2.05) is 48.9 Å². The SMILES string of the molecule is NCc1ccc2c(c1)ncn2-c1cccc(-c2ccccn2)c1. The van der Waals surface area contributed by atoms with Crippen LogP contribution >= 0.6 is 0 Å². The Kier molecular flexibility index (Phi) is 3.37. The summed E-state index contributed by atoms with van der Waals surface area (Å²) < 4.78 is 2.09. The number of hydrogen-bond acceptors (Lipinski definition) is 3. The van der Waals surface area contributed by atoms with E-state index in [-0.39, 0.29) is 0 Å². The first-order chi connectivity index (χ1) is 11.3. The molecular formula is C19H16N4. The van der Waals surface area contributed by atoms with E-state index in [0.717, 1.165) is 33.5 Å². The van der Waals surface area contributed by atoms with Crippen molar-refractivity contribution in [3.8, 4) is 16.9 Å². The molecule has 0 bridgehead atoms. The average molecular weight is 300 g/mol. The fraction of sp³-hybridized carbons (Fsp3) is 0.0526. The first kappa shape index (κ1) is 13.7. The maximum absolute atomic E-state index is 5.70. The van der Waals surface area contributed by atoms with Gasteiger partial charge in [-0.2, -0.15) is 0 Å². The molecule has 2 aromatic carbocycles. The second kappa shape index (κ2) is 5.66. The first-order valence-corrected chi connectivity index (χ1v) is 7.53. The Balaban J connectivity index is 1.82. The molecule has 0 aliphatic rings. The van der Waals surface area contributed by atoms with Crippen LogP contribution in [0.3, 0.4) is 0 Å². The summed E-state index contributed by atoms with van der Waals surface area (Å²) in [6.45, 7) is 0.526. The van der Waals surface area contributed by atoms with Crippen LogP contribution in [0.5, 0.6) is 0 Å². The van der Waals surface area contributed by atoms with Crippen LogP contribution in [0, 0.1) is 0 Å². The van der Waals surface area contributed by atoms with E-state index in [1.165, 1.54) is 0 Å². The number of pyridine rings is 1. The van der Waals surface area contributed by atoms with E-state index in [0.29, 0.717) is 6.54 Å². The van der Waals surface area contributed by atoms with Crippen LogP contribution in [0.2, 0.25) is 0 Å². The molecule has 0 aliphatic carbocycles. The highest BCUT2D eigenvalue weighted by Crippen LogP contribution is 2.23. The summed E-state index contributed by atoms with van der Waals surface area (Å²) in [4.78, 5) is 8.92. The van der Waals surface area contributed by atoms with Crippen LogP contribution in [0.15, 0.2) is 73.2 Å². The summed E-state index contributed by atoms with van der Waals surface area (Å²) in [5.41, 5.74) is 11.9. The van der Waals surface area contributed by atoms with Crippen LogP contribution in [0.1, 0.15) is 5.56 Å². The van der Waals surface area contributed by atoms with Crippen molar-refractivity contribution in [2.45, 2.75) is 6.54 Å². The predicted octanol–water partition coefficient (Wildman–Crippen LogP) is 3.55. The van der Waals surface area contributed by atoms with Gasteiger partial charge in [-0.05, 0) is 42.0 Å². The number of nitrogens with zero attached hydrogens (tertiary/aromatic N) is 3. The fourth-order valence-electron chi connectivity index (χ4n) is 2.74. The van der Waals surface area contributed by atoms with Gasteiger partial charge in [0.15, 0.2) is 0 Å². The lowest BCUT2D eigenvalue weighted by Gasteiger charge is -2.07. The van der Waals surface area contributed by atoms with Gasteiger partial charge in [0.25, 0.3) is 0 Å². The lowest BCUT2D eigenvalue weighted by molar-refractivity contribution is 1.07. The van der Waals surface area contributed by atoms with Crippen molar-refractivity contribution in [3.05, 3.63) is 78.8 Å². The van der Waals surface area contributed by atoms with Crippen molar-refractivity contribution in [1.82, 2.24) is 14.5 Å². The van der Waals surface area contributed by atoms with E-state index in [9.17, 15) is 0 Å². The van der Waals surface area contributed by atoms with Crippen LogP contribution in [-0.2, 0) is 6.54 Å². The summed E-state index contributed by atoms with van der Waals surface area (Å²) in [6.07, 6.45) is 3.66.